The smallest absolute Gasteiger partial charge is 0.231 e. The summed E-state index contributed by atoms with van der Waals surface area (Å²) in [6, 6.07) is 14.0. The van der Waals surface area contributed by atoms with Crippen molar-refractivity contribution in [2.75, 3.05) is 25.2 Å². The van der Waals surface area contributed by atoms with Gasteiger partial charge in [-0.15, -0.1) is 0 Å². The minimum atomic E-state index is -3.15. The number of rotatable bonds is 12. The number of ketones is 1. The van der Waals surface area contributed by atoms with E-state index in [0.29, 0.717) is 44.8 Å². The molecule has 2 atom stereocenters. The van der Waals surface area contributed by atoms with Gasteiger partial charge in [0.25, 0.3) is 0 Å². The summed E-state index contributed by atoms with van der Waals surface area (Å²) in [6.45, 7) is 3.28. The van der Waals surface area contributed by atoms with Gasteiger partial charge in [-0.3, -0.25) is 14.6 Å². The van der Waals surface area contributed by atoms with Crippen LogP contribution in [-0.4, -0.2) is 60.4 Å². The fraction of sp³-hybridized carbons (Fsp3) is 0.333. The van der Waals surface area contributed by atoms with Gasteiger partial charge in [-0.05, 0) is 75.2 Å². The minimum absolute atomic E-state index is 0.0207. The molecule has 3 N–H and O–H groups in total. The molecule has 0 unspecified atom stereocenters. The number of pyridine rings is 2. The van der Waals surface area contributed by atoms with Crippen LogP contribution < -0.4 is 15.2 Å². The molecule has 12 heteroatoms. The first kappa shape index (κ1) is 32.0. The number of ether oxygens (including phenoxy) is 2. The molecule has 45 heavy (non-hydrogen) atoms. The first-order chi connectivity index (χ1) is 21.2. The Bertz CT molecular complexity index is 1890. The first-order valence-corrected chi connectivity index (χ1v) is 16.4. The highest BCUT2D eigenvalue weighted by molar-refractivity contribution is 7.90. The Labute approximate surface area is 260 Å². The van der Waals surface area contributed by atoms with Crippen molar-refractivity contribution in [2.45, 2.75) is 44.1 Å². The predicted molar refractivity (Wildman–Crippen MR) is 166 cm³/mol. The molecule has 0 bridgehead atoms. The molecule has 4 aromatic rings. The second kappa shape index (κ2) is 12.2. The molecule has 1 amide bonds. The highest BCUT2D eigenvalue weighted by atomic mass is 32.2. The van der Waals surface area contributed by atoms with E-state index in [9.17, 15) is 27.5 Å². The lowest BCUT2D eigenvalue weighted by Gasteiger charge is -2.26. The zero-order valence-electron chi connectivity index (χ0n) is 25.2. The number of hydrogen-bond acceptors (Lipinski definition) is 9. The number of carbonyl (C=O) groups excluding carboxylic acids is 2. The van der Waals surface area contributed by atoms with Gasteiger partial charge in [-0.25, -0.2) is 17.8 Å². The number of primary amides is 1. The van der Waals surface area contributed by atoms with Gasteiger partial charge in [0.15, 0.2) is 5.78 Å². The van der Waals surface area contributed by atoms with Crippen LogP contribution in [-0.2, 0) is 25.6 Å². The van der Waals surface area contributed by atoms with Gasteiger partial charge in [0.1, 0.15) is 56.0 Å². The fourth-order valence-electron chi connectivity index (χ4n) is 5.23. The number of nitrogens with zero attached hydrogens (tertiary/aromatic N) is 2. The summed E-state index contributed by atoms with van der Waals surface area (Å²) >= 11 is 0. The molecule has 1 aliphatic rings. The van der Waals surface area contributed by atoms with Crippen LogP contribution >= 0.6 is 0 Å². The van der Waals surface area contributed by atoms with Gasteiger partial charge in [0.05, 0.1) is 18.1 Å². The van der Waals surface area contributed by atoms with Crippen LogP contribution in [0, 0.1) is 5.82 Å². The Balaban J connectivity index is 1.42. The van der Waals surface area contributed by atoms with E-state index < -0.39 is 32.6 Å². The van der Waals surface area contributed by atoms with Gasteiger partial charge in [0.2, 0.25) is 5.91 Å². The van der Waals surface area contributed by atoms with Crippen LogP contribution in [0.2, 0.25) is 0 Å². The average Bonchev–Trinajstić information content (AvgIpc) is 3.35. The van der Waals surface area contributed by atoms with Gasteiger partial charge in [0, 0.05) is 41.0 Å². The third-order valence-corrected chi connectivity index (χ3v) is 9.06. The standard InChI is InChI=1S/C33H34FN3O7S/c1-32(31(35)39)19-44-30-24(32)18-27(37-29(30)20-7-9-23(34)10-8-20)33(2,40)12-11-25(38)22-16-21-6-4-13-36-28(21)26(17-22)43-14-5-15-45(3,41)42/h4,6-10,13,16-18,40H,5,11-12,14-15,19H2,1-3H3,(H2,35,39)/t32-,33-/m0/s1. The van der Waals surface area contributed by atoms with Crippen LogP contribution in [0.5, 0.6) is 11.5 Å². The summed E-state index contributed by atoms with van der Waals surface area (Å²) in [5.41, 5.74) is 5.30. The second-order valence-electron chi connectivity index (χ2n) is 11.8. The molecule has 0 radical (unpaired) electrons. The molecule has 3 heterocycles. The normalized spacial score (nSPS) is 17.4. The van der Waals surface area contributed by atoms with E-state index in [1.165, 1.54) is 31.2 Å². The Morgan fingerprint density at radius 1 is 1.18 bits per heavy atom. The summed E-state index contributed by atoms with van der Waals surface area (Å²) in [4.78, 5) is 35.0. The fourth-order valence-corrected chi connectivity index (χ4v) is 5.87. The molecule has 10 nitrogen and oxygen atoms in total. The number of halogens is 1. The predicted octanol–water partition coefficient (Wildman–Crippen LogP) is 4.26. The summed E-state index contributed by atoms with van der Waals surface area (Å²) in [6.07, 6.45) is 2.94. The van der Waals surface area contributed by atoms with E-state index in [2.05, 4.69) is 9.97 Å². The highest BCUT2D eigenvalue weighted by Gasteiger charge is 2.45. The number of sulfone groups is 1. The molecule has 236 valence electrons. The number of nitrogens with two attached hydrogens (primary N) is 1. The van der Waals surface area contributed by atoms with Crippen LogP contribution in [0.15, 0.2) is 60.8 Å². The van der Waals surface area contributed by atoms with E-state index in [4.69, 9.17) is 15.2 Å². The quantitative estimate of drug-likeness (QED) is 0.171. The maximum Gasteiger partial charge on any atom is 0.231 e. The van der Waals surface area contributed by atoms with Gasteiger partial charge < -0.3 is 20.3 Å². The third kappa shape index (κ3) is 6.81. The summed E-state index contributed by atoms with van der Waals surface area (Å²) in [5.74, 6) is -0.673. The largest absolute Gasteiger partial charge is 0.491 e. The number of aliphatic hydroxyl groups is 1. The van der Waals surface area contributed by atoms with Crippen molar-refractivity contribution < 1.29 is 37.0 Å². The van der Waals surface area contributed by atoms with E-state index >= 15 is 0 Å². The zero-order valence-corrected chi connectivity index (χ0v) is 26.0. The summed E-state index contributed by atoms with van der Waals surface area (Å²) in [5, 5.41) is 12.3. The SMILES string of the molecule is C[C@](O)(CCC(=O)c1cc(OCCCS(C)(=O)=O)c2ncccc2c1)c1cc2c(c(-c3ccc(F)cc3)n1)OC[C@]2(C)C(N)=O. The van der Waals surface area contributed by atoms with Crippen molar-refractivity contribution >= 4 is 32.4 Å². The van der Waals surface area contributed by atoms with Crippen LogP contribution in [0.1, 0.15) is 54.7 Å². The first-order valence-electron chi connectivity index (χ1n) is 14.4. The highest BCUT2D eigenvalue weighted by Crippen LogP contribution is 2.46. The maximum atomic E-state index is 13.7. The van der Waals surface area contributed by atoms with Gasteiger partial charge in [-0.1, -0.05) is 6.07 Å². The molecule has 0 saturated carbocycles. The molecule has 1 aliphatic heterocycles. The monoisotopic (exact) mass is 635 g/mol. The molecule has 0 aliphatic carbocycles. The molecular weight excluding hydrogens is 601 g/mol. The van der Waals surface area contributed by atoms with E-state index in [1.54, 1.807) is 43.5 Å². The van der Waals surface area contributed by atoms with Crippen molar-refractivity contribution in [3.8, 4) is 22.8 Å². The van der Waals surface area contributed by atoms with Crippen molar-refractivity contribution in [1.29, 1.82) is 0 Å². The van der Waals surface area contributed by atoms with Crippen LogP contribution in [0.25, 0.3) is 22.2 Å². The number of hydrogen-bond donors (Lipinski definition) is 2. The molecule has 0 saturated heterocycles. The topological polar surface area (TPSA) is 159 Å². The number of fused-ring (bicyclic) bond motifs is 2. The van der Waals surface area contributed by atoms with Crippen LogP contribution in [0.4, 0.5) is 4.39 Å². The summed E-state index contributed by atoms with van der Waals surface area (Å²) in [7, 11) is -3.15. The third-order valence-electron chi connectivity index (χ3n) is 8.03. The lowest BCUT2D eigenvalue weighted by molar-refractivity contribution is -0.123. The van der Waals surface area contributed by atoms with Crippen molar-refractivity contribution in [2.24, 2.45) is 5.73 Å². The number of amides is 1. The lowest BCUT2D eigenvalue weighted by atomic mass is 9.81. The maximum absolute atomic E-state index is 13.7. The molecule has 5 rings (SSSR count). The van der Waals surface area contributed by atoms with Gasteiger partial charge in [-0.2, -0.15) is 0 Å². The van der Waals surface area contributed by atoms with E-state index in [0.717, 1.165) is 6.26 Å². The lowest BCUT2D eigenvalue weighted by Crippen LogP contribution is -2.40. The molecular formula is C33H34FN3O7S. The van der Waals surface area contributed by atoms with Crippen molar-refractivity contribution in [3.05, 3.63) is 83.4 Å². The number of aromatic nitrogens is 2. The number of carbonyl (C=O) groups is 2. The van der Waals surface area contributed by atoms with E-state index in [1.807, 2.05) is 0 Å². The summed E-state index contributed by atoms with van der Waals surface area (Å²) < 4.78 is 48.4. The van der Waals surface area contributed by atoms with E-state index in [-0.39, 0.29) is 49.7 Å². The Morgan fingerprint density at radius 3 is 2.60 bits per heavy atom. The minimum Gasteiger partial charge on any atom is -0.491 e. The molecule has 0 spiro atoms. The molecule has 2 aromatic carbocycles. The molecule has 2 aromatic heterocycles. The second-order valence-corrected chi connectivity index (χ2v) is 14.1. The van der Waals surface area contributed by atoms with Crippen molar-refractivity contribution in [1.82, 2.24) is 9.97 Å². The van der Waals surface area contributed by atoms with Gasteiger partial charge >= 0.3 is 0 Å². The average molecular weight is 636 g/mol. The van der Waals surface area contributed by atoms with Crippen molar-refractivity contribution in [3.63, 3.8) is 0 Å². The Morgan fingerprint density at radius 2 is 1.91 bits per heavy atom. The number of benzene rings is 2. The Kier molecular flexibility index (Phi) is 8.65. The zero-order chi connectivity index (χ0) is 32.6. The molecule has 0 fully saturated rings. The Hall–Kier alpha value is -4.42. The van der Waals surface area contributed by atoms with Crippen LogP contribution in [0.3, 0.4) is 0 Å². The number of Topliss-reactive ketones (excluding diaryl/α,β-unsaturated/α-hetero) is 1.